The van der Waals surface area contributed by atoms with Crippen LogP contribution in [0.2, 0.25) is 0 Å². The Labute approximate surface area is 131 Å². The Morgan fingerprint density at radius 3 is 2.00 bits per heavy atom. The standard InChI is InChI=1S/C17H14O6/c1-22-9-7-12(18)14(13(8-9)23-2)17(21)15(19)10-5-3-4-6-11(10)16(17)20/h3-8,18,21H,1-2H3. The van der Waals surface area contributed by atoms with Crippen LogP contribution < -0.4 is 9.47 Å². The van der Waals surface area contributed by atoms with E-state index in [1.54, 1.807) is 12.1 Å². The van der Waals surface area contributed by atoms with Gasteiger partial charge in [0.05, 0.1) is 19.8 Å². The number of fused-ring (bicyclic) bond motifs is 1. The topological polar surface area (TPSA) is 93.1 Å². The summed E-state index contributed by atoms with van der Waals surface area (Å²) in [7, 11) is 2.70. The van der Waals surface area contributed by atoms with Crippen molar-refractivity contribution in [2.75, 3.05) is 14.2 Å². The first-order valence-electron chi connectivity index (χ1n) is 6.81. The highest BCUT2D eigenvalue weighted by Gasteiger charge is 2.55. The number of aliphatic hydroxyl groups is 1. The van der Waals surface area contributed by atoms with Crippen LogP contribution in [-0.4, -0.2) is 36.0 Å². The van der Waals surface area contributed by atoms with E-state index in [9.17, 15) is 19.8 Å². The van der Waals surface area contributed by atoms with Gasteiger partial charge in [-0.1, -0.05) is 24.3 Å². The van der Waals surface area contributed by atoms with Crippen LogP contribution in [0, 0.1) is 0 Å². The molecule has 23 heavy (non-hydrogen) atoms. The van der Waals surface area contributed by atoms with Crippen molar-refractivity contribution < 1.29 is 29.3 Å². The molecule has 1 aliphatic rings. The third kappa shape index (κ3) is 1.92. The Kier molecular flexibility index (Phi) is 3.34. The van der Waals surface area contributed by atoms with Gasteiger partial charge in [0.15, 0.2) is 0 Å². The third-order valence-corrected chi connectivity index (χ3v) is 3.95. The number of phenolic OH excluding ortho intramolecular Hbond substituents is 1. The van der Waals surface area contributed by atoms with Crippen molar-refractivity contribution in [3.63, 3.8) is 0 Å². The average Bonchev–Trinajstić information content (AvgIpc) is 2.76. The molecular formula is C17H14O6. The third-order valence-electron chi connectivity index (χ3n) is 3.95. The summed E-state index contributed by atoms with van der Waals surface area (Å²) in [5.41, 5.74) is -2.59. The maximum absolute atomic E-state index is 12.6. The maximum Gasteiger partial charge on any atom is 0.223 e. The molecule has 3 rings (SSSR count). The summed E-state index contributed by atoms with van der Waals surface area (Å²) in [4.78, 5) is 25.3. The van der Waals surface area contributed by atoms with Gasteiger partial charge in [-0.15, -0.1) is 0 Å². The smallest absolute Gasteiger partial charge is 0.223 e. The molecule has 0 fully saturated rings. The summed E-state index contributed by atoms with van der Waals surface area (Å²) in [5.74, 6) is -1.80. The van der Waals surface area contributed by atoms with Crippen molar-refractivity contribution in [3.05, 3.63) is 53.1 Å². The lowest BCUT2D eigenvalue weighted by Gasteiger charge is -2.23. The predicted molar refractivity (Wildman–Crippen MR) is 80.2 cm³/mol. The van der Waals surface area contributed by atoms with E-state index in [0.717, 1.165) is 0 Å². The van der Waals surface area contributed by atoms with Crippen molar-refractivity contribution in [2.45, 2.75) is 5.60 Å². The molecule has 118 valence electrons. The molecule has 2 aromatic carbocycles. The molecule has 0 bridgehead atoms. The number of phenols is 1. The number of ketones is 2. The lowest BCUT2D eigenvalue weighted by atomic mass is 9.87. The quantitative estimate of drug-likeness (QED) is 0.837. The molecule has 0 saturated carbocycles. The van der Waals surface area contributed by atoms with Crippen LogP contribution in [-0.2, 0) is 5.60 Å². The number of ether oxygens (including phenoxy) is 2. The molecule has 0 radical (unpaired) electrons. The van der Waals surface area contributed by atoms with Crippen LogP contribution in [0.5, 0.6) is 17.2 Å². The first-order chi connectivity index (χ1) is 10.9. The normalized spacial score (nSPS) is 15.4. The minimum atomic E-state index is -2.52. The SMILES string of the molecule is COc1cc(O)c(C2(O)C(=O)c3ccccc3C2=O)c(OC)c1. The monoisotopic (exact) mass is 314 g/mol. The second-order valence-electron chi connectivity index (χ2n) is 5.14. The molecule has 2 N–H and O–H groups in total. The minimum Gasteiger partial charge on any atom is -0.507 e. The average molecular weight is 314 g/mol. The Bertz CT molecular complexity index is 789. The molecule has 0 spiro atoms. The lowest BCUT2D eigenvalue weighted by molar-refractivity contribution is 0.0303. The highest BCUT2D eigenvalue weighted by atomic mass is 16.5. The number of carbonyl (C=O) groups excluding carboxylic acids is 2. The van der Waals surface area contributed by atoms with Crippen LogP contribution in [0.25, 0.3) is 0 Å². The molecule has 0 heterocycles. The van der Waals surface area contributed by atoms with Crippen LogP contribution in [0.4, 0.5) is 0 Å². The van der Waals surface area contributed by atoms with Gasteiger partial charge < -0.3 is 19.7 Å². The number of hydrogen-bond acceptors (Lipinski definition) is 6. The summed E-state index contributed by atoms with van der Waals surface area (Å²) in [6.45, 7) is 0. The summed E-state index contributed by atoms with van der Waals surface area (Å²) in [6.07, 6.45) is 0. The van der Waals surface area contributed by atoms with Gasteiger partial charge in [0.1, 0.15) is 17.2 Å². The van der Waals surface area contributed by atoms with E-state index in [2.05, 4.69) is 0 Å². The first-order valence-corrected chi connectivity index (χ1v) is 6.81. The fourth-order valence-corrected chi connectivity index (χ4v) is 2.82. The minimum absolute atomic E-state index is 0.0149. The van der Waals surface area contributed by atoms with Gasteiger partial charge in [0.2, 0.25) is 17.2 Å². The zero-order chi connectivity index (χ0) is 16.8. The Balaban J connectivity index is 2.27. The van der Waals surface area contributed by atoms with Gasteiger partial charge in [-0.25, -0.2) is 0 Å². The Hall–Kier alpha value is -2.86. The van der Waals surface area contributed by atoms with E-state index < -0.39 is 22.9 Å². The van der Waals surface area contributed by atoms with E-state index >= 15 is 0 Å². The Morgan fingerprint density at radius 1 is 0.957 bits per heavy atom. The summed E-state index contributed by atoms with van der Waals surface area (Å²) < 4.78 is 10.1. The highest BCUT2D eigenvalue weighted by Crippen LogP contribution is 2.46. The van der Waals surface area contributed by atoms with Crippen molar-refractivity contribution in [2.24, 2.45) is 0 Å². The maximum atomic E-state index is 12.6. The largest absolute Gasteiger partial charge is 0.507 e. The van der Waals surface area contributed by atoms with Crippen LogP contribution >= 0.6 is 0 Å². The van der Waals surface area contributed by atoms with Gasteiger partial charge >= 0.3 is 0 Å². The number of carbonyl (C=O) groups is 2. The van der Waals surface area contributed by atoms with E-state index in [1.165, 1.54) is 38.5 Å². The molecule has 2 aromatic rings. The van der Waals surface area contributed by atoms with Gasteiger partial charge in [-0.3, -0.25) is 9.59 Å². The molecule has 6 heteroatoms. The number of benzene rings is 2. The van der Waals surface area contributed by atoms with E-state index in [4.69, 9.17) is 9.47 Å². The second-order valence-corrected chi connectivity index (χ2v) is 5.14. The van der Waals surface area contributed by atoms with Crippen LogP contribution in [0.1, 0.15) is 26.3 Å². The molecule has 0 aromatic heterocycles. The number of aromatic hydroxyl groups is 1. The zero-order valence-corrected chi connectivity index (χ0v) is 12.5. The number of hydrogen-bond donors (Lipinski definition) is 2. The van der Waals surface area contributed by atoms with Crippen molar-refractivity contribution in [1.29, 1.82) is 0 Å². The zero-order valence-electron chi connectivity index (χ0n) is 12.5. The lowest BCUT2D eigenvalue weighted by Crippen LogP contribution is -2.38. The van der Waals surface area contributed by atoms with Gasteiger partial charge in [0.25, 0.3) is 0 Å². The second kappa shape index (κ2) is 5.10. The predicted octanol–water partition coefficient (Wildman–Crippen LogP) is 1.68. The van der Waals surface area contributed by atoms with Crippen LogP contribution in [0.3, 0.4) is 0 Å². The van der Waals surface area contributed by atoms with Crippen LogP contribution in [0.15, 0.2) is 36.4 Å². The number of rotatable bonds is 3. The number of methoxy groups -OCH3 is 2. The highest BCUT2D eigenvalue weighted by molar-refractivity contribution is 6.32. The van der Waals surface area contributed by atoms with E-state index in [-0.39, 0.29) is 28.2 Å². The molecule has 0 amide bonds. The molecule has 6 nitrogen and oxygen atoms in total. The summed E-state index contributed by atoms with van der Waals surface area (Å²) >= 11 is 0. The van der Waals surface area contributed by atoms with E-state index in [1.807, 2.05) is 0 Å². The van der Waals surface area contributed by atoms with E-state index in [0.29, 0.717) is 0 Å². The first kappa shape index (κ1) is 15.1. The molecule has 0 unspecified atom stereocenters. The molecular weight excluding hydrogens is 300 g/mol. The summed E-state index contributed by atoms with van der Waals surface area (Å²) in [6, 6.07) is 8.71. The summed E-state index contributed by atoms with van der Waals surface area (Å²) in [5, 5.41) is 21.1. The molecule has 1 aliphatic carbocycles. The Morgan fingerprint density at radius 2 is 1.52 bits per heavy atom. The molecule has 0 atom stereocenters. The van der Waals surface area contributed by atoms with Crippen molar-refractivity contribution in [1.82, 2.24) is 0 Å². The van der Waals surface area contributed by atoms with Gasteiger partial charge in [0, 0.05) is 23.3 Å². The van der Waals surface area contributed by atoms with Crippen molar-refractivity contribution in [3.8, 4) is 17.2 Å². The molecule has 0 aliphatic heterocycles. The van der Waals surface area contributed by atoms with Crippen molar-refractivity contribution >= 4 is 11.6 Å². The number of Topliss-reactive ketones (excluding diaryl/α,β-unsaturated/α-hetero) is 2. The fourth-order valence-electron chi connectivity index (χ4n) is 2.82. The fraction of sp³-hybridized carbons (Fsp3) is 0.176. The molecule has 0 saturated heterocycles. The van der Waals surface area contributed by atoms with Gasteiger partial charge in [-0.2, -0.15) is 0 Å². The van der Waals surface area contributed by atoms with Gasteiger partial charge in [-0.05, 0) is 0 Å².